The van der Waals surface area contributed by atoms with E-state index in [1.54, 1.807) is 12.1 Å². The summed E-state index contributed by atoms with van der Waals surface area (Å²) < 4.78 is 0. The van der Waals surface area contributed by atoms with Crippen molar-refractivity contribution in [1.82, 2.24) is 20.2 Å². The van der Waals surface area contributed by atoms with Crippen molar-refractivity contribution in [2.24, 2.45) is 0 Å². The van der Waals surface area contributed by atoms with Crippen LogP contribution in [0.3, 0.4) is 0 Å². The normalized spacial score (nSPS) is 14.2. The number of hydrogen-bond acceptors (Lipinski definition) is 5. The molecule has 1 aliphatic rings. The van der Waals surface area contributed by atoms with Gasteiger partial charge in [-0.2, -0.15) is 0 Å². The second kappa shape index (κ2) is 9.49. The van der Waals surface area contributed by atoms with Gasteiger partial charge in [0.2, 0.25) is 5.91 Å². The zero-order chi connectivity index (χ0) is 20.8. The molecule has 0 saturated carbocycles. The molecule has 0 atom stereocenters. The zero-order valence-electron chi connectivity index (χ0n) is 17.4. The summed E-state index contributed by atoms with van der Waals surface area (Å²) in [7, 11) is 0. The second-order valence-electron chi connectivity index (χ2n) is 7.62. The fraction of sp³-hybridized carbons (Fsp3) is 0.455. The summed E-state index contributed by atoms with van der Waals surface area (Å²) in [6.07, 6.45) is 0.308. The summed E-state index contributed by atoms with van der Waals surface area (Å²) in [5, 5.41) is 2.81. The average molecular weight is 396 g/mol. The number of aryl methyl sites for hydroxylation is 1. The lowest BCUT2D eigenvalue weighted by atomic mass is 10.2. The summed E-state index contributed by atoms with van der Waals surface area (Å²) in [5.74, 6) is 1.99. The molecule has 2 aromatic rings. The number of hydrogen-bond donors (Lipinski definition) is 1. The van der Waals surface area contributed by atoms with E-state index in [0.717, 1.165) is 30.4 Å². The Morgan fingerprint density at radius 3 is 2.41 bits per heavy atom. The number of nitrogens with zero attached hydrogens (tertiary/aromatic N) is 4. The largest absolute Gasteiger partial charge is 0.353 e. The average Bonchev–Trinajstić information content (AvgIpc) is 2.73. The number of carbonyl (C=O) groups excluding carboxylic acids is 2. The van der Waals surface area contributed by atoms with Crippen LogP contribution in [0.25, 0.3) is 0 Å². The van der Waals surface area contributed by atoms with Crippen LogP contribution in [-0.2, 0) is 4.79 Å². The fourth-order valence-corrected chi connectivity index (χ4v) is 3.31. The number of nitrogens with one attached hydrogen (secondary N) is 1. The number of benzene rings is 1. The van der Waals surface area contributed by atoms with Gasteiger partial charge in [-0.05, 0) is 19.1 Å². The van der Waals surface area contributed by atoms with Gasteiger partial charge in [0.15, 0.2) is 0 Å². The zero-order valence-corrected chi connectivity index (χ0v) is 17.4. The highest BCUT2D eigenvalue weighted by atomic mass is 16.2. The second-order valence-corrected chi connectivity index (χ2v) is 7.62. The monoisotopic (exact) mass is 395 g/mol. The van der Waals surface area contributed by atoms with Crippen molar-refractivity contribution < 1.29 is 9.59 Å². The molecule has 3 rings (SSSR count). The maximum Gasteiger partial charge on any atom is 0.251 e. The first-order valence-corrected chi connectivity index (χ1v) is 10.2. The molecule has 1 saturated heterocycles. The Bertz CT molecular complexity index is 846. The molecule has 0 aliphatic carbocycles. The van der Waals surface area contributed by atoms with Crippen LogP contribution in [0.4, 0.5) is 5.82 Å². The van der Waals surface area contributed by atoms with Gasteiger partial charge in [-0.3, -0.25) is 9.59 Å². The number of carbonyl (C=O) groups is 2. The van der Waals surface area contributed by atoms with Crippen LogP contribution in [0.15, 0.2) is 36.4 Å². The lowest BCUT2D eigenvalue weighted by Crippen LogP contribution is -2.49. The van der Waals surface area contributed by atoms with Crippen LogP contribution in [0.1, 0.15) is 48.1 Å². The van der Waals surface area contributed by atoms with E-state index in [1.807, 2.05) is 36.1 Å². The van der Waals surface area contributed by atoms with Crippen LogP contribution < -0.4 is 10.2 Å². The maximum absolute atomic E-state index is 12.5. The molecule has 1 aliphatic heterocycles. The Balaban J connectivity index is 1.47. The first-order valence-electron chi connectivity index (χ1n) is 10.2. The third-order valence-corrected chi connectivity index (χ3v) is 4.99. The Morgan fingerprint density at radius 2 is 1.76 bits per heavy atom. The molecule has 0 unspecified atom stereocenters. The van der Waals surface area contributed by atoms with Crippen molar-refractivity contribution in [2.75, 3.05) is 37.6 Å². The fourth-order valence-electron chi connectivity index (χ4n) is 3.31. The smallest absolute Gasteiger partial charge is 0.251 e. The minimum absolute atomic E-state index is 0.0692. The molecular formula is C22H29N5O2. The predicted molar refractivity (Wildman–Crippen MR) is 113 cm³/mol. The third kappa shape index (κ3) is 5.53. The molecule has 1 N–H and O–H groups in total. The molecule has 1 aromatic heterocycles. The van der Waals surface area contributed by atoms with Crippen molar-refractivity contribution >= 4 is 17.6 Å². The molecule has 1 fully saturated rings. The topological polar surface area (TPSA) is 78.4 Å². The van der Waals surface area contributed by atoms with Gasteiger partial charge >= 0.3 is 0 Å². The van der Waals surface area contributed by atoms with Gasteiger partial charge in [-0.1, -0.05) is 32.0 Å². The van der Waals surface area contributed by atoms with Gasteiger partial charge in [-0.25, -0.2) is 9.97 Å². The highest BCUT2D eigenvalue weighted by Gasteiger charge is 2.22. The predicted octanol–water partition coefficient (Wildman–Crippen LogP) is 2.38. The van der Waals surface area contributed by atoms with E-state index in [0.29, 0.717) is 31.6 Å². The summed E-state index contributed by atoms with van der Waals surface area (Å²) in [6, 6.07) is 11.0. The lowest BCUT2D eigenvalue weighted by molar-refractivity contribution is -0.131. The van der Waals surface area contributed by atoms with Crippen LogP contribution in [-0.4, -0.2) is 59.4 Å². The number of rotatable bonds is 6. The maximum atomic E-state index is 12.5. The van der Waals surface area contributed by atoms with Crippen LogP contribution >= 0.6 is 0 Å². The molecule has 2 amide bonds. The van der Waals surface area contributed by atoms with Crippen LogP contribution in [0.2, 0.25) is 0 Å². The molecule has 1 aromatic carbocycles. The van der Waals surface area contributed by atoms with E-state index in [1.165, 1.54) is 0 Å². The molecule has 0 bridgehead atoms. The lowest BCUT2D eigenvalue weighted by Gasteiger charge is -2.35. The molecule has 29 heavy (non-hydrogen) atoms. The molecule has 7 heteroatoms. The number of aromatic nitrogens is 2. The van der Waals surface area contributed by atoms with Crippen molar-refractivity contribution in [3.8, 4) is 0 Å². The van der Waals surface area contributed by atoms with Crippen molar-refractivity contribution in [2.45, 2.75) is 33.1 Å². The Kier molecular flexibility index (Phi) is 6.80. The van der Waals surface area contributed by atoms with Crippen molar-refractivity contribution in [1.29, 1.82) is 0 Å². The number of piperazine rings is 1. The van der Waals surface area contributed by atoms with E-state index in [-0.39, 0.29) is 17.7 Å². The van der Waals surface area contributed by atoms with E-state index >= 15 is 0 Å². The minimum Gasteiger partial charge on any atom is -0.353 e. The first-order chi connectivity index (χ1) is 13.9. The quantitative estimate of drug-likeness (QED) is 0.812. The highest BCUT2D eigenvalue weighted by molar-refractivity contribution is 5.94. The molecule has 2 heterocycles. The molecule has 154 valence electrons. The summed E-state index contributed by atoms with van der Waals surface area (Å²) in [5.41, 5.74) is 1.57. The van der Waals surface area contributed by atoms with E-state index in [4.69, 9.17) is 0 Å². The Labute approximate surface area is 172 Å². The summed E-state index contributed by atoms with van der Waals surface area (Å²) >= 11 is 0. The van der Waals surface area contributed by atoms with E-state index < -0.39 is 0 Å². The van der Waals surface area contributed by atoms with Crippen molar-refractivity contribution in [3.05, 3.63) is 53.5 Å². The van der Waals surface area contributed by atoms with Gasteiger partial charge in [0, 0.05) is 62.4 Å². The minimum atomic E-state index is -0.150. The highest BCUT2D eigenvalue weighted by Crippen LogP contribution is 2.18. The Hall–Kier alpha value is -2.96. The van der Waals surface area contributed by atoms with Crippen LogP contribution in [0, 0.1) is 6.92 Å². The van der Waals surface area contributed by atoms with Crippen molar-refractivity contribution in [3.63, 3.8) is 0 Å². The van der Waals surface area contributed by atoms with Gasteiger partial charge in [-0.15, -0.1) is 0 Å². The summed E-state index contributed by atoms with van der Waals surface area (Å²) in [4.78, 5) is 37.8. The first kappa shape index (κ1) is 20.8. The molecule has 0 spiro atoms. The number of amides is 2. The van der Waals surface area contributed by atoms with E-state index in [2.05, 4.69) is 34.0 Å². The Morgan fingerprint density at radius 1 is 1.07 bits per heavy atom. The van der Waals surface area contributed by atoms with E-state index in [9.17, 15) is 9.59 Å². The molecular weight excluding hydrogens is 366 g/mol. The van der Waals surface area contributed by atoms with Gasteiger partial charge in [0.1, 0.15) is 11.6 Å². The molecule has 0 radical (unpaired) electrons. The molecule has 7 nitrogen and oxygen atoms in total. The number of anilines is 1. The SMILES string of the molecule is Cc1cc(N2CCN(C(=O)CCNC(=O)c3ccccc3)CC2)nc(C(C)C)n1. The third-order valence-electron chi connectivity index (χ3n) is 4.99. The standard InChI is InChI=1S/C22H29N5O2/c1-16(2)21-24-17(3)15-19(25-21)26-11-13-27(14-12-26)20(28)9-10-23-22(29)18-7-5-4-6-8-18/h4-8,15-16H,9-14H2,1-3H3,(H,23,29). The van der Waals surface area contributed by atoms with Gasteiger partial charge in [0.25, 0.3) is 5.91 Å². The van der Waals surface area contributed by atoms with Gasteiger partial charge in [0.05, 0.1) is 0 Å². The van der Waals surface area contributed by atoms with Crippen LogP contribution in [0.5, 0.6) is 0 Å². The summed E-state index contributed by atoms with van der Waals surface area (Å²) in [6.45, 7) is 9.32. The van der Waals surface area contributed by atoms with Gasteiger partial charge < -0.3 is 15.1 Å².